The zero-order chi connectivity index (χ0) is 19.3. The number of ether oxygens (including phenoxy) is 1. The van der Waals surface area contributed by atoms with Crippen LogP contribution in [0.4, 0.5) is 13.2 Å². The molecule has 0 atom stereocenters. The molecule has 3 rings (SSSR count). The molecule has 0 radical (unpaired) electrons. The summed E-state index contributed by atoms with van der Waals surface area (Å²) in [5, 5.41) is 14.2. The molecule has 0 saturated heterocycles. The minimum atomic E-state index is -4.75. The van der Waals surface area contributed by atoms with Gasteiger partial charge in [-0.1, -0.05) is 24.3 Å². The van der Waals surface area contributed by atoms with Gasteiger partial charge in [-0.15, -0.1) is 23.4 Å². The van der Waals surface area contributed by atoms with Crippen molar-refractivity contribution in [3.63, 3.8) is 0 Å². The molecule has 2 aromatic heterocycles. The first-order valence-electron chi connectivity index (χ1n) is 8.03. The number of nitrogens with zero attached hydrogens (tertiary/aromatic N) is 4. The van der Waals surface area contributed by atoms with Crippen molar-refractivity contribution in [1.82, 2.24) is 25.2 Å². The standard InChI is InChI=1S/C17H17F3N6O/c1-21-16(23-11-15-25-24-14-8-4-5-9-26(14)15)22-10-12-6-2-3-7-13(12)27-17(18,19)20/h2-9H,10-11H2,1H3,(H2,21,22,23). The van der Waals surface area contributed by atoms with E-state index in [1.807, 2.05) is 28.8 Å². The lowest BCUT2D eigenvalue weighted by molar-refractivity contribution is -0.274. The maximum atomic E-state index is 12.5. The maximum Gasteiger partial charge on any atom is 0.573 e. The molecular weight excluding hydrogens is 361 g/mol. The van der Waals surface area contributed by atoms with E-state index in [0.29, 0.717) is 23.9 Å². The topological polar surface area (TPSA) is 75.8 Å². The number of aromatic nitrogens is 3. The fourth-order valence-corrected chi connectivity index (χ4v) is 2.45. The maximum absolute atomic E-state index is 12.5. The number of nitrogens with one attached hydrogen (secondary N) is 2. The fourth-order valence-electron chi connectivity index (χ4n) is 2.45. The van der Waals surface area contributed by atoms with Crippen molar-refractivity contribution in [2.24, 2.45) is 4.99 Å². The van der Waals surface area contributed by atoms with E-state index < -0.39 is 6.36 Å². The van der Waals surface area contributed by atoms with Crippen molar-refractivity contribution < 1.29 is 17.9 Å². The van der Waals surface area contributed by atoms with Gasteiger partial charge in [-0.2, -0.15) is 0 Å². The molecule has 2 heterocycles. The summed E-state index contributed by atoms with van der Waals surface area (Å²) < 4.78 is 43.4. The van der Waals surface area contributed by atoms with Gasteiger partial charge in [-0.3, -0.25) is 9.39 Å². The Morgan fingerprint density at radius 2 is 1.81 bits per heavy atom. The number of aliphatic imine (C=N–C) groups is 1. The number of fused-ring (bicyclic) bond motifs is 1. The SMILES string of the molecule is CN=C(NCc1ccccc1OC(F)(F)F)NCc1nnc2ccccn12. The molecule has 0 unspecified atom stereocenters. The number of pyridine rings is 1. The molecule has 10 heteroatoms. The molecule has 2 N–H and O–H groups in total. The van der Waals surface area contributed by atoms with Crippen molar-refractivity contribution in [1.29, 1.82) is 0 Å². The van der Waals surface area contributed by atoms with Crippen LogP contribution in [-0.4, -0.2) is 34.0 Å². The summed E-state index contributed by atoms with van der Waals surface area (Å²) >= 11 is 0. The third-order valence-electron chi connectivity index (χ3n) is 3.67. The van der Waals surface area contributed by atoms with Crippen LogP contribution in [0.2, 0.25) is 0 Å². The van der Waals surface area contributed by atoms with Crippen LogP contribution in [0.1, 0.15) is 11.4 Å². The summed E-state index contributed by atoms with van der Waals surface area (Å²) in [6.45, 7) is 0.443. The van der Waals surface area contributed by atoms with Crippen LogP contribution in [-0.2, 0) is 13.1 Å². The number of hydrogen-bond acceptors (Lipinski definition) is 4. The molecule has 0 bridgehead atoms. The van der Waals surface area contributed by atoms with Gasteiger partial charge in [0.2, 0.25) is 0 Å². The fraction of sp³-hybridized carbons (Fsp3) is 0.235. The highest BCUT2D eigenvalue weighted by Crippen LogP contribution is 2.26. The van der Waals surface area contributed by atoms with Gasteiger partial charge in [0.1, 0.15) is 5.75 Å². The second kappa shape index (κ2) is 7.94. The van der Waals surface area contributed by atoms with Gasteiger partial charge >= 0.3 is 6.36 Å². The Labute approximate surface area is 152 Å². The quantitative estimate of drug-likeness (QED) is 0.527. The van der Waals surface area contributed by atoms with E-state index in [2.05, 4.69) is 30.6 Å². The molecule has 0 spiro atoms. The Balaban J connectivity index is 1.62. The minimum Gasteiger partial charge on any atom is -0.405 e. The first kappa shape index (κ1) is 18.5. The van der Waals surface area contributed by atoms with Crippen molar-refractivity contribution in [3.05, 3.63) is 60.0 Å². The van der Waals surface area contributed by atoms with Gasteiger partial charge in [0.15, 0.2) is 17.4 Å². The molecule has 0 aliphatic carbocycles. The van der Waals surface area contributed by atoms with E-state index in [0.717, 1.165) is 5.65 Å². The average Bonchev–Trinajstić information content (AvgIpc) is 3.05. The number of para-hydroxylation sites is 1. The van der Waals surface area contributed by atoms with Gasteiger partial charge < -0.3 is 15.4 Å². The highest BCUT2D eigenvalue weighted by atomic mass is 19.4. The molecule has 0 aliphatic heterocycles. The van der Waals surface area contributed by atoms with E-state index in [9.17, 15) is 13.2 Å². The number of rotatable bonds is 5. The van der Waals surface area contributed by atoms with Crippen LogP contribution in [0.3, 0.4) is 0 Å². The van der Waals surface area contributed by atoms with E-state index in [4.69, 9.17) is 0 Å². The Morgan fingerprint density at radius 3 is 2.59 bits per heavy atom. The van der Waals surface area contributed by atoms with E-state index in [1.54, 1.807) is 19.2 Å². The lowest BCUT2D eigenvalue weighted by Gasteiger charge is -2.15. The largest absolute Gasteiger partial charge is 0.573 e. The molecule has 0 aliphatic rings. The molecule has 1 aromatic carbocycles. The van der Waals surface area contributed by atoms with Gasteiger partial charge in [-0.25, -0.2) is 0 Å². The number of benzene rings is 1. The van der Waals surface area contributed by atoms with Gasteiger partial charge in [-0.05, 0) is 18.2 Å². The zero-order valence-electron chi connectivity index (χ0n) is 14.4. The lowest BCUT2D eigenvalue weighted by atomic mass is 10.2. The molecule has 27 heavy (non-hydrogen) atoms. The third-order valence-corrected chi connectivity index (χ3v) is 3.67. The number of alkyl halides is 3. The normalized spacial score (nSPS) is 12.2. The second-order valence-electron chi connectivity index (χ2n) is 5.48. The van der Waals surface area contributed by atoms with Crippen LogP contribution >= 0.6 is 0 Å². The van der Waals surface area contributed by atoms with E-state index >= 15 is 0 Å². The van der Waals surface area contributed by atoms with Crippen molar-refractivity contribution in [2.75, 3.05) is 7.05 Å². The van der Waals surface area contributed by atoms with Gasteiger partial charge in [0.25, 0.3) is 0 Å². The molecule has 7 nitrogen and oxygen atoms in total. The summed E-state index contributed by atoms with van der Waals surface area (Å²) in [4.78, 5) is 4.06. The smallest absolute Gasteiger partial charge is 0.405 e. The summed E-state index contributed by atoms with van der Waals surface area (Å²) in [5.74, 6) is 0.829. The number of guanidine groups is 1. The summed E-state index contributed by atoms with van der Waals surface area (Å²) in [6.07, 6.45) is -2.90. The van der Waals surface area contributed by atoms with Crippen LogP contribution in [0.15, 0.2) is 53.7 Å². The summed E-state index contributed by atoms with van der Waals surface area (Å²) in [7, 11) is 1.56. The summed E-state index contributed by atoms with van der Waals surface area (Å²) in [6, 6.07) is 11.5. The van der Waals surface area contributed by atoms with Crippen molar-refractivity contribution in [2.45, 2.75) is 19.5 Å². The van der Waals surface area contributed by atoms with Crippen LogP contribution < -0.4 is 15.4 Å². The predicted molar refractivity (Wildman–Crippen MR) is 93.2 cm³/mol. The average molecular weight is 378 g/mol. The predicted octanol–water partition coefficient (Wildman–Crippen LogP) is 2.49. The zero-order valence-corrected chi connectivity index (χ0v) is 14.4. The van der Waals surface area contributed by atoms with Crippen LogP contribution in [0.5, 0.6) is 5.75 Å². The van der Waals surface area contributed by atoms with Crippen LogP contribution in [0.25, 0.3) is 5.65 Å². The Morgan fingerprint density at radius 1 is 1.07 bits per heavy atom. The Kier molecular flexibility index (Phi) is 5.43. The molecule has 3 aromatic rings. The third kappa shape index (κ3) is 4.87. The van der Waals surface area contributed by atoms with E-state index in [1.165, 1.54) is 12.1 Å². The van der Waals surface area contributed by atoms with Crippen molar-refractivity contribution >= 4 is 11.6 Å². The highest BCUT2D eigenvalue weighted by molar-refractivity contribution is 5.79. The lowest BCUT2D eigenvalue weighted by Crippen LogP contribution is -2.37. The molecule has 0 saturated carbocycles. The van der Waals surface area contributed by atoms with Gasteiger partial charge in [0, 0.05) is 25.4 Å². The molecular formula is C17H17F3N6O. The Bertz CT molecular complexity index is 938. The Hall–Kier alpha value is -3.30. The molecule has 0 fully saturated rings. The number of hydrogen-bond donors (Lipinski definition) is 2. The summed E-state index contributed by atoms with van der Waals surface area (Å²) in [5.41, 5.74) is 1.07. The minimum absolute atomic E-state index is 0.104. The first-order valence-corrected chi connectivity index (χ1v) is 8.03. The molecule has 0 amide bonds. The van der Waals surface area contributed by atoms with Gasteiger partial charge in [0.05, 0.1) is 6.54 Å². The molecule has 142 valence electrons. The van der Waals surface area contributed by atoms with E-state index in [-0.39, 0.29) is 12.3 Å². The second-order valence-corrected chi connectivity index (χ2v) is 5.48. The van der Waals surface area contributed by atoms with Crippen molar-refractivity contribution in [3.8, 4) is 5.75 Å². The number of halogens is 3. The highest BCUT2D eigenvalue weighted by Gasteiger charge is 2.31. The monoisotopic (exact) mass is 378 g/mol. The van der Waals surface area contributed by atoms with Crippen LogP contribution in [0, 0.1) is 0 Å². The first-order chi connectivity index (χ1) is 13.0.